The summed E-state index contributed by atoms with van der Waals surface area (Å²) >= 11 is 1.29. The molecule has 1 aromatic heterocycles. The Morgan fingerprint density at radius 2 is 1.91 bits per heavy atom. The van der Waals surface area contributed by atoms with Crippen LogP contribution in [0.1, 0.15) is 74.4 Å². The molecule has 1 saturated heterocycles. The van der Waals surface area contributed by atoms with Gasteiger partial charge in [-0.15, -0.1) is 11.3 Å². The molecule has 1 aliphatic rings. The largest absolute Gasteiger partial charge is 0.479 e. The van der Waals surface area contributed by atoms with Crippen LogP contribution in [0.2, 0.25) is 0 Å². The highest BCUT2D eigenvalue weighted by Crippen LogP contribution is 2.51. The molecule has 3 rings (SSSR count). The van der Waals surface area contributed by atoms with Crippen molar-refractivity contribution in [1.82, 2.24) is 15.3 Å². The van der Waals surface area contributed by atoms with Gasteiger partial charge in [0, 0.05) is 17.1 Å². The lowest BCUT2D eigenvalue weighted by Gasteiger charge is -2.38. The number of carbonyl (C=O) groups is 3. The zero-order valence-electron chi connectivity index (χ0n) is 19.7. The number of carboxylic acid groups (broad SMARTS) is 1. The van der Waals surface area contributed by atoms with Crippen LogP contribution in [0.5, 0.6) is 0 Å². The van der Waals surface area contributed by atoms with Crippen molar-refractivity contribution in [2.24, 2.45) is 17.7 Å². The SMILES string of the molecule is CC(C)C[C@@]1(C(=O)O)C[C@@H](C(=O)NN)[C@H](c2nccs2)N1C(=O)c1ccc(C(C)(C)C)cc1. The molecule has 0 radical (unpaired) electrons. The number of carbonyl (C=O) groups excluding carboxylic acids is 2. The van der Waals surface area contributed by atoms with E-state index in [0.29, 0.717) is 10.6 Å². The van der Waals surface area contributed by atoms with Crippen LogP contribution in [-0.4, -0.2) is 38.3 Å². The van der Waals surface area contributed by atoms with E-state index in [1.54, 1.807) is 23.7 Å². The molecule has 0 saturated carbocycles. The van der Waals surface area contributed by atoms with Crippen LogP contribution in [0.3, 0.4) is 0 Å². The molecule has 0 aliphatic carbocycles. The van der Waals surface area contributed by atoms with Crippen molar-refractivity contribution >= 4 is 29.1 Å². The van der Waals surface area contributed by atoms with Gasteiger partial charge in [0.05, 0.1) is 12.0 Å². The van der Waals surface area contributed by atoms with E-state index < -0.39 is 35.3 Å². The Morgan fingerprint density at radius 3 is 2.36 bits per heavy atom. The van der Waals surface area contributed by atoms with E-state index in [1.165, 1.54) is 16.2 Å². The molecule has 0 bridgehead atoms. The predicted molar refractivity (Wildman–Crippen MR) is 126 cm³/mol. The van der Waals surface area contributed by atoms with Crippen LogP contribution in [0.15, 0.2) is 35.8 Å². The van der Waals surface area contributed by atoms with Gasteiger partial charge >= 0.3 is 5.97 Å². The Kier molecular flexibility index (Phi) is 6.95. The smallest absolute Gasteiger partial charge is 0.329 e. The highest BCUT2D eigenvalue weighted by atomic mass is 32.1. The lowest BCUT2D eigenvalue weighted by Crippen LogP contribution is -2.54. The molecule has 1 aliphatic heterocycles. The van der Waals surface area contributed by atoms with Gasteiger partial charge in [-0.1, -0.05) is 46.8 Å². The molecular formula is C24H32N4O4S. The molecule has 2 amide bonds. The Morgan fingerprint density at radius 1 is 1.27 bits per heavy atom. The first-order valence-electron chi connectivity index (χ1n) is 11.0. The lowest BCUT2D eigenvalue weighted by molar-refractivity contribution is -0.150. The van der Waals surface area contributed by atoms with Gasteiger partial charge < -0.3 is 10.0 Å². The first kappa shape index (κ1) is 24.9. The number of nitrogens with one attached hydrogen (secondary N) is 1. The number of carboxylic acids is 1. The predicted octanol–water partition coefficient (Wildman–Crippen LogP) is 3.50. The third-order valence-electron chi connectivity index (χ3n) is 6.22. The van der Waals surface area contributed by atoms with Gasteiger partial charge in [0.1, 0.15) is 10.5 Å². The summed E-state index contributed by atoms with van der Waals surface area (Å²) in [6.07, 6.45) is 1.74. The van der Waals surface area contributed by atoms with E-state index in [4.69, 9.17) is 5.84 Å². The maximum absolute atomic E-state index is 13.9. The van der Waals surface area contributed by atoms with Crippen molar-refractivity contribution in [3.63, 3.8) is 0 Å². The Hall–Kier alpha value is -2.78. The summed E-state index contributed by atoms with van der Waals surface area (Å²) in [6, 6.07) is 6.38. The van der Waals surface area contributed by atoms with Crippen LogP contribution in [0.25, 0.3) is 0 Å². The molecule has 8 nitrogen and oxygen atoms in total. The van der Waals surface area contributed by atoms with Crippen LogP contribution < -0.4 is 11.3 Å². The fourth-order valence-corrected chi connectivity index (χ4v) is 5.53. The standard InChI is InChI=1S/C24H32N4O4S/c1-14(2)12-24(22(31)32)13-17(19(29)27-25)18(20-26-10-11-33-20)28(24)21(30)15-6-8-16(9-7-15)23(3,4)5/h6-11,14,17-18H,12-13,25H2,1-5H3,(H,27,29)(H,31,32)/t17-,18-,24+/m1/s1. The highest BCUT2D eigenvalue weighted by Gasteiger charge is 2.61. The maximum Gasteiger partial charge on any atom is 0.329 e. The van der Waals surface area contributed by atoms with Gasteiger partial charge in [0.15, 0.2) is 0 Å². The zero-order chi connectivity index (χ0) is 24.6. The molecule has 33 heavy (non-hydrogen) atoms. The topological polar surface area (TPSA) is 126 Å². The number of hydrazine groups is 1. The summed E-state index contributed by atoms with van der Waals surface area (Å²) in [5.74, 6) is 2.50. The molecule has 1 fully saturated rings. The Bertz CT molecular complexity index is 1010. The zero-order valence-corrected chi connectivity index (χ0v) is 20.5. The van der Waals surface area contributed by atoms with Gasteiger partial charge in [0.25, 0.3) is 5.91 Å². The minimum absolute atomic E-state index is 0.0312. The summed E-state index contributed by atoms with van der Waals surface area (Å²) in [4.78, 5) is 45.2. The highest BCUT2D eigenvalue weighted by molar-refractivity contribution is 7.09. The maximum atomic E-state index is 13.9. The Labute approximate surface area is 198 Å². The summed E-state index contributed by atoms with van der Waals surface area (Å²) in [6.45, 7) is 10.0. The minimum Gasteiger partial charge on any atom is -0.479 e. The van der Waals surface area contributed by atoms with Crippen molar-refractivity contribution < 1.29 is 19.5 Å². The lowest BCUT2D eigenvalue weighted by atomic mass is 9.83. The number of hydrogen-bond donors (Lipinski definition) is 3. The van der Waals surface area contributed by atoms with E-state index in [2.05, 4.69) is 31.2 Å². The molecular weight excluding hydrogens is 440 g/mol. The molecule has 4 N–H and O–H groups in total. The van der Waals surface area contributed by atoms with Gasteiger partial charge in [0.2, 0.25) is 5.91 Å². The third-order valence-corrected chi connectivity index (χ3v) is 7.07. The number of aliphatic carboxylic acids is 1. The first-order chi connectivity index (χ1) is 15.4. The van der Waals surface area contributed by atoms with Crippen molar-refractivity contribution in [3.8, 4) is 0 Å². The van der Waals surface area contributed by atoms with E-state index in [0.717, 1.165) is 5.56 Å². The third kappa shape index (κ3) is 4.65. The van der Waals surface area contributed by atoms with E-state index >= 15 is 0 Å². The molecule has 2 heterocycles. The number of benzene rings is 1. The molecule has 178 valence electrons. The quantitative estimate of drug-likeness (QED) is 0.336. The van der Waals surface area contributed by atoms with Crippen LogP contribution in [0, 0.1) is 11.8 Å². The molecule has 9 heteroatoms. The van der Waals surface area contributed by atoms with Crippen molar-refractivity contribution in [2.75, 3.05) is 0 Å². The molecule has 0 spiro atoms. The van der Waals surface area contributed by atoms with Gasteiger partial charge in [-0.3, -0.25) is 15.0 Å². The second-order valence-corrected chi connectivity index (χ2v) is 11.0. The Balaban J connectivity index is 2.18. The number of thiazole rings is 1. The summed E-state index contributed by atoms with van der Waals surface area (Å²) in [7, 11) is 0. The minimum atomic E-state index is -1.57. The number of rotatable bonds is 6. The first-order valence-corrected chi connectivity index (χ1v) is 11.9. The summed E-state index contributed by atoms with van der Waals surface area (Å²) < 4.78 is 0. The monoisotopic (exact) mass is 472 g/mol. The van der Waals surface area contributed by atoms with E-state index in [1.807, 2.05) is 26.0 Å². The van der Waals surface area contributed by atoms with Crippen molar-refractivity contribution in [2.45, 2.75) is 64.5 Å². The number of aromatic nitrogens is 1. The number of nitrogens with two attached hydrogens (primary N) is 1. The summed E-state index contributed by atoms with van der Waals surface area (Å²) in [5.41, 5.74) is 1.93. The van der Waals surface area contributed by atoms with Crippen LogP contribution >= 0.6 is 11.3 Å². The number of likely N-dealkylation sites (tertiary alicyclic amines) is 1. The number of hydrogen-bond acceptors (Lipinski definition) is 6. The molecule has 3 atom stereocenters. The van der Waals surface area contributed by atoms with Crippen LogP contribution in [0.4, 0.5) is 0 Å². The van der Waals surface area contributed by atoms with Gasteiger partial charge in [-0.05, 0) is 41.9 Å². The molecule has 0 unspecified atom stereocenters. The number of nitrogens with zero attached hydrogens (tertiary/aromatic N) is 2. The average Bonchev–Trinajstić information content (AvgIpc) is 3.38. The summed E-state index contributed by atoms with van der Waals surface area (Å²) in [5, 5.41) is 12.7. The number of amides is 2. The fourth-order valence-electron chi connectivity index (χ4n) is 4.73. The molecule has 2 aromatic rings. The van der Waals surface area contributed by atoms with Gasteiger partial charge in [-0.2, -0.15) is 0 Å². The average molecular weight is 473 g/mol. The van der Waals surface area contributed by atoms with Crippen molar-refractivity contribution in [3.05, 3.63) is 52.0 Å². The van der Waals surface area contributed by atoms with E-state index in [9.17, 15) is 19.5 Å². The van der Waals surface area contributed by atoms with Crippen molar-refractivity contribution in [1.29, 1.82) is 0 Å². The normalized spacial score (nSPS) is 23.1. The second kappa shape index (κ2) is 9.23. The van der Waals surface area contributed by atoms with Crippen LogP contribution in [-0.2, 0) is 15.0 Å². The van der Waals surface area contributed by atoms with E-state index in [-0.39, 0.29) is 24.2 Å². The van der Waals surface area contributed by atoms with Gasteiger partial charge in [-0.25, -0.2) is 15.6 Å². The fraction of sp³-hybridized carbons (Fsp3) is 0.500. The second-order valence-electron chi connectivity index (χ2n) is 10.1. The molecule has 1 aromatic carbocycles.